The average molecular weight is 279 g/mol. The molecule has 3 nitrogen and oxygen atoms in total. The lowest BCUT2D eigenvalue weighted by Crippen LogP contribution is -2.41. The molecule has 2 aliphatic rings. The molecule has 0 radical (unpaired) electrons. The zero-order valence-corrected chi connectivity index (χ0v) is 13.2. The summed E-state index contributed by atoms with van der Waals surface area (Å²) in [5, 5.41) is 0. The van der Waals surface area contributed by atoms with Crippen molar-refractivity contribution in [3.05, 3.63) is 24.4 Å². The Morgan fingerprint density at radius 3 is 2.65 bits per heavy atom. The third kappa shape index (κ3) is 3.09. The van der Waals surface area contributed by atoms with Crippen molar-refractivity contribution in [2.75, 3.05) is 13.2 Å². The molecule has 2 heterocycles. The van der Waals surface area contributed by atoms with Crippen LogP contribution in [0.25, 0.3) is 0 Å². The Morgan fingerprint density at radius 2 is 2.10 bits per heavy atom. The first-order chi connectivity index (χ1) is 9.56. The smallest absolute Gasteiger partial charge is 0.157 e. The maximum atomic E-state index is 6.03. The minimum absolute atomic E-state index is 0.0163. The van der Waals surface area contributed by atoms with Gasteiger partial charge in [-0.25, -0.2) is 0 Å². The quantitative estimate of drug-likeness (QED) is 0.765. The molecule has 2 aliphatic heterocycles. The van der Waals surface area contributed by atoms with E-state index in [-0.39, 0.29) is 6.29 Å². The highest BCUT2D eigenvalue weighted by molar-refractivity contribution is 5.35. The Hall–Kier alpha value is -0.800. The van der Waals surface area contributed by atoms with E-state index in [4.69, 9.17) is 9.47 Å². The van der Waals surface area contributed by atoms with Gasteiger partial charge in [-0.2, -0.15) is 0 Å². The van der Waals surface area contributed by atoms with Crippen molar-refractivity contribution in [1.82, 2.24) is 4.90 Å². The standard InChI is InChI=1S/C17H29NO2/c1-6-15-13(4)14(5)18(12(2)3)16(15)11-20-17-9-7-8-10-19-17/h12,15-17H,4-11H2,1-3H3. The number of ether oxygens (including phenoxy) is 2. The Morgan fingerprint density at radius 1 is 1.35 bits per heavy atom. The zero-order valence-electron chi connectivity index (χ0n) is 13.2. The number of hydrogen-bond donors (Lipinski definition) is 0. The molecule has 0 aromatic rings. The van der Waals surface area contributed by atoms with Crippen LogP contribution in [-0.4, -0.2) is 36.5 Å². The molecule has 2 rings (SSSR count). The lowest BCUT2D eigenvalue weighted by atomic mass is 9.94. The van der Waals surface area contributed by atoms with Crippen LogP contribution < -0.4 is 0 Å². The molecule has 0 N–H and O–H groups in total. The van der Waals surface area contributed by atoms with E-state index in [1.807, 2.05) is 0 Å². The molecule has 0 aliphatic carbocycles. The van der Waals surface area contributed by atoms with Crippen molar-refractivity contribution in [3.8, 4) is 0 Å². The zero-order chi connectivity index (χ0) is 14.7. The van der Waals surface area contributed by atoms with E-state index in [1.165, 1.54) is 12.0 Å². The molecule has 3 heteroatoms. The highest BCUT2D eigenvalue weighted by Gasteiger charge is 2.39. The second-order valence-electron chi connectivity index (χ2n) is 6.18. The van der Waals surface area contributed by atoms with Gasteiger partial charge in [0.15, 0.2) is 6.29 Å². The van der Waals surface area contributed by atoms with Gasteiger partial charge in [0, 0.05) is 24.3 Å². The molecule has 3 atom stereocenters. The second-order valence-corrected chi connectivity index (χ2v) is 6.18. The summed E-state index contributed by atoms with van der Waals surface area (Å²) in [6.07, 6.45) is 4.46. The highest BCUT2D eigenvalue weighted by atomic mass is 16.7. The minimum atomic E-state index is -0.0163. The van der Waals surface area contributed by atoms with Gasteiger partial charge in [-0.1, -0.05) is 20.1 Å². The van der Waals surface area contributed by atoms with Gasteiger partial charge in [0.25, 0.3) is 0 Å². The van der Waals surface area contributed by atoms with Gasteiger partial charge in [0.1, 0.15) is 0 Å². The largest absolute Gasteiger partial charge is 0.363 e. The third-order valence-electron chi connectivity index (χ3n) is 4.54. The van der Waals surface area contributed by atoms with Crippen molar-refractivity contribution < 1.29 is 9.47 Å². The Kier molecular flexibility index (Phi) is 5.28. The van der Waals surface area contributed by atoms with Gasteiger partial charge in [0.05, 0.1) is 12.6 Å². The fourth-order valence-electron chi connectivity index (χ4n) is 3.46. The van der Waals surface area contributed by atoms with Crippen LogP contribution in [0.5, 0.6) is 0 Å². The predicted octanol–water partition coefficient (Wildman–Crippen LogP) is 3.72. The van der Waals surface area contributed by atoms with Crippen LogP contribution in [0.15, 0.2) is 24.4 Å². The maximum Gasteiger partial charge on any atom is 0.157 e. The maximum absolute atomic E-state index is 6.03. The van der Waals surface area contributed by atoms with E-state index in [0.717, 1.165) is 31.6 Å². The highest BCUT2D eigenvalue weighted by Crippen LogP contribution is 2.39. The summed E-state index contributed by atoms with van der Waals surface area (Å²) in [4.78, 5) is 2.37. The SMILES string of the molecule is C=C1C(=C)N(C(C)C)C(COC2CCCCO2)C1CC. The van der Waals surface area contributed by atoms with Crippen molar-refractivity contribution in [2.45, 2.75) is 64.8 Å². The van der Waals surface area contributed by atoms with E-state index in [0.29, 0.717) is 24.6 Å². The predicted molar refractivity (Wildman–Crippen MR) is 82.4 cm³/mol. The Bertz CT molecular complexity index is 358. The normalized spacial score (nSPS) is 31.4. The van der Waals surface area contributed by atoms with Crippen LogP contribution >= 0.6 is 0 Å². The summed E-state index contributed by atoms with van der Waals surface area (Å²) in [7, 11) is 0. The van der Waals surface area contributed by atoms with Crippen molar-refractivity contribution in [3.63, 3.8) is 0 Å². The topological polar surface area (TPSA) is 21.7 Å². The summed E-state index contributed by atoms with van der Waals surface area (Å²) in [6.45, 7) is 16.6. The number of hydrogen-bond acceptors (Lipinski definition) is 3. The molecule has 114 valence electrons. The molecule has 3 unspecified atom stereocenters. The lowest BCUT2D eigenvalue weighted by molar-refractivity contribution is -0.171. The summed E-state index contributed by atoms with van der Waals surface area (Å²) >= 11 is 0. The molecular formula is C17H29NO2. The van der Waals surface area contributed by atoms with Crippen molar-refractivity contribution in [1.29, 1.82) is 0 Å². The second kappa shape index (κ2) is 6.77. The summed E-state index contributed by atoms with van der Waals surface area (Å²) < 4.78 is 11.7. The van der Waals surface area contributed by atoms with Crippen LogP contribution in [0, 0.1) is 5.92 Å². The first-order valence-corrected chi connectivity index (χ1v) is 7.95. The minimum Gasteiger partial charge on any atom is -0.363 e. The van der Waals surface area contributed by atoms with E-state index >= 15 is 0 Å². The molecule has 2 saturated heterocycles. The van der Waals surface area contributed by atoms with E-state index < -0.39 is 0 Å². The van der Waals surface area contributed by atoms with Crippen LogP contribution in [0.2, 0.25) is 0 Å². The molecule has 0 amide bonds. The van der Waals surface area contributed by atoms with Crippen LogP contribution in [0.1, 0.15) is 46.5 Å². The average Bonchev–Trinajstić information content (AvgIpc) is 2.69. The van der Waals surface area contributed by atoms with Gasteiger partial charge in [-0.15, -0.1) is 0 Å². The van der Waals surface area contributed by atoms with Gasteiger partial charge in [-0.05, 0) is 45.1 Å². The molecular weight excluding hydrogens is 250 g/mol. The van der Waals surface area contributed by atoms with Gasteiger partial charge >= 0.3 is 0 Å². The number of likely N-dealkylation sites (tertiary alicyclic amines) is 1. The first-order valence-electron chi connectivity index (χ1n) is 7.95. The summed E-state index contributed by atoms with van der Waals surface area (Å²) in [6, 6.07) is 0.780. The van der Waals surface area contributed by atoms with Crippen LogP contribution in [0.3, 0.4) is 0 Å². The first kappa shape index (κ1) is 15.6. The van der Waals surface area contributed by atoms with E-state index in [1.54, 1.807) is 0 Å². The molecule has 0 aromatic heterocycles. The number of nitrogens with zero attached hydrogens (tertiary/aromatic N) is 1. The molecule has 20 heavy (non-hydrogen) atoms. The monoisotopic (exact) mass is 279 g/mol. The molecule has 0 spiro atoms. The van der Waals surface area contributed by atoms with Crippen LogP contribution in [0.4, 0.5) is 0 Å². The van der Waals surface area contributed by atoms with Crippen LogP contribution in [-0.2, 0) is 9.47 Å². The molecule has 0 bridgehead atoms. The molecule has 0 saturated carbocycles. The fourth-order valence-corrected chi connectivity index (χ4v) is 3.46. The Labute approximate surface area is 123 Å². The van der Waals surface area contributed by atoms with E-state index in [2.05, 4.69) is 38.8 Å². The third-order valence-corrected chi connectivity index (χ3v) is 4.54. The Balaban J connectivity index is 2.01. The number of allylic oxidation sites excluding steroid dienone is 1. The van der Waals surface area contributed by atoms with Gasteiger partial charge in [0.2, 0.25) is 0 Å². The molecule has 0 aromatic carbocycles. The fraction of sp³-hybridized carbons (Fsp3) is 0.765. The van der Waals surface area contributed by atoms with Gasteiger partial charge < -0.3 is 14.4 Å². The van der Waals surface area contributed by atoms with Crippen molar-refractivity contribution >= 4 is 0 Å². The summed E-state index contributed by atoms with van der Waals surface area (Å²) in [5.74, 6) is 0.452. The number of rotatable bonds is 5. The lowest BCUT2D eigenvalue weighted by Gasteiger charge is -2.34. The van der Waals surface area contributed by atoms with Crippen molar-refractivity contribution in [2.24, 2.45) is 5.92 Å². The summed E-state index contributed by atoms with van der Waals surface area (Å²) in [5.41, 5.74) is 2.27. The van der Waals surface area contributed by atoms with E-state index in [9.17, 15) is 0 Å². The molecule has 2 fully saturated rings. The van der Waals surface area contributed by atoms with Gasteiger partial charge in [-0.3, -0.25) is 0 Å².